The van der Waals surface area contributed by atoms with E-state index in [0.717, 1.165) is 18.0 Å². The summed E-state index contributed by atoms with van der Waals surface area (Å²) in [4.78, 5) is 0. The predicted octanol–water partition coefficient (Wildman–Crippen LogP) is 3.97. The van der Waals surface area contributed by atoms with E-state index >= 15 is 0 Å². The molecule has 1 aromatic rings. The van der Waals surface area contributed by atoms with Crippen LogP contribution in [0, 0.1) is 18.7 Å². The zero-order valence-electron chi connectivity index (χ0n) is 10.8. The van der Waals surface area contributed by atoms with Gasteiger partial charge in [0.25, 0.3) is 0 Å². The monoisotopic (exact) mass is 235 g/mol. The lowest BCUT2D eigenvalue weighted by Gasteiger charge is -2.30. The highest BCUT2D eigenvalue weighted by atomic mass is 19.1. The van der Waals surface area contributed by atoms with Crippen LogP contribution in [-0.4, -0.2) is 6.54 Å². The van der Waals surface area contributed by atoms with E-state index in [0.29, 0.717) is 6.04 Å². The molecule has 0 saturated heterocycles. The van der Waals surface area contributed by atoms with Crippen molar-refractivity contribution >= 4 is 0 Å². The molecule has 17 heavy (non-hydrogen) atoms. The number of halogens is 1. The predicted molar refractivity (Wildman–Crippen MR) is 69.5 cm³/mol. The van der Waals surface area contributed by atoms with Crippen molar-refractivity contribution in [3.05, 3.63) is 35.1 Å². The summed E-state index contributed by atoms with van der Waals surface area (Å²) in [6.07, 6.45) is 5.30. The highest BCUT2D eigenvalue weighted by molar-refractivity contribution is 5.26. The standard InChI is InChI=1S/C15H22FN/c1-3-17-15(10-12-5-4-6-12)13-7-8-14(16)11(2)9-13/h7-9,12,15,17H,3-6,10H2,1-2H3. The fourth-order valence-corrected chi connectivity index (χ4v) is 2.53. The van der Waals surface area contributed by atoms with E-state index in [2.05, 4.69) is 12.2 Å². The van der Waals surface area contributed by atoms with Crippen molar-refractivity contribution in [3.8, 4) is 0 Å². The summed E-state index contributed by atoms with van der Waals surface area (Å²) in [7, 11) is 0. The van der Waals surface area contributed by atoms with Gasteiger partial charge in [-0.1, -0.05) is 38.3 Å². The number of nitrogens with one attached hydrogen (secondary N) is 1. The van der Waals surface area contributed by atoms with Crippen LogP contribution in [-0.2, 0) is 0 Å². The van der Waals surface area contributed by atoms with Gasteiger partial charge in [-0.25, -0.2) is 4.39 Å². The number of hydrogen-bond acceptors (Lipinski definition) is 1. The van der Waals surface area contributed by atoms with Crippen molar-refractivity contribution in [1.29, 1.82) is 0 Å². The molecule has 0 aliphatic heterocycles. The average molecular weight is 235 g/mol. The number of rotatable bonds is 5. The van der Waals surface area contributed by atoms with Crippen LogP contribution in [0.2, 0.25) is 0 Å². The van der Waals surface area contributed by atoms with Gasteiger partial charge in [-0.3, -0.25) is 0 Å². The molecule has 1 aliphatic rings. The second-order valence-electron chi connectivity index (χ2n) is 5.15. The summed E-state index contributed by atoms with van der Waals surface area (Å²) >= 11 is 0. The first kappa shape index (κ1) is 12.6. The molecule has 1 saturated carbocycles. The van der Waals surface area contributed by atoms with Crippen LogP contribution < -0.4 is 5.32 Å². The smallest absolute Gasteiger partial charge is 0.126 e. The molecule has 1 N–H and O–H groups in total. The summed E-state index contributed by atoms with van der Waals surface area (Å²) in [5.41, 5.74) is 1.98. The molecule has 0 bridgehead atoms. The molecule has 2 heteroatoms. The lowest BCUT2D eigenvalue weighted by Crippen LogP contribution is -2.26. The topological polar surface area (TPSA) is 12.0 Å². The summed E-state index contributed by atoms with van der Waals surface area (Å²) in [6.45, 7) is 4.93. The number of hydrogen-bond donors (Lipinski definition) is 1. The zero-order chi connectivity index (χ0) is 12.3. The molecule has 0 heterocycles. The Balaban J connectivity index is 2.09. The second-order valence-corrected chi connectivity index (χ2v) is 5.15. The largest absolute Gasteiger partial charge is 0.310 e. The van der Waals surface area contributed by atoms with E-state index in [9.17, 15) is 4.39 Å². The summed E-state index contributed by atoms with van der Waals surface area (Å²) < 4.78 is 13.3. The summed E-state index contributed by atoms with van der Waals surface area (Å²) in [5.74, 6) is 0.761. The molecule has 0 amide bonds. The van der Waals surface area contributed by atoms with Crippen LogP contribution in [0.4, 0.5) is 4.39 Å². The maximum Gasteiger partial charge on any atom is 0.126 e. The van der Waals surface area contributed by atoms with Gasteiger partial charge in [0.2, 0.25) is 0 Å². The molecule has 1 nitrogen and oxygen atoms in total. The average Bonchev–Trinajstić information content (AvgIpc) is 2.25. The van der Waals surface area contributed by atoms with Crippen molar-refractivity contribution in [2.75, 3.05) is 6.54 Å². The Morgan fingerprint density at radius 2 is 2.18 bits per heavy atom. The first-order valence-electron chi connectivity index (χ1n) is 6.70. The van der Waals surface area contributed by atoms with Crippen molar-refractivity contribution in [2.45, 2.75) is 45.6 Å². The van der Waals surface area contributed by atoms with Gasteiger partial charge < -0.3 is 5.32 Å². The van der Waals surface area contributed by atoms with Gasteiger partial charge >= 0.3 is 0 Å². The van der Waals surface area contributed by atoms with Gasteiger partial charge in [0.1, 0.15) is 5.82 Å². The molecular weight excluding hydrogens is 213 g/mol. The minimum atomic E-state index is -0.104. The molecule has 1 aliphatic carbocycles. The van der Waals surface area contributed by atoms with Gasteiger partial charge in [0, 0.05) is 6.04 Å². The molecule has 0 radical (unpaired) electrons. The Morgan fingerprint density at radius 3 is 2.71 bits per heavy atom. The summed E-state index contributed by atoms with van der Waals surface area (Å²) in [6, 6.07) is 5.90. The fourth-order valence-electron chi connectivity index (χ4n) is 2.53. The Hall–Kier alpha value is -0.890. The van der Waals surface area contributed by atoms with E-state index in [1.165, 1.54) is 31.2 Å². The van der Waals surface area contributed by atoms with Crippen LogP contribution in [0.15, 0.2) is 18.2 Å². The highest BCUT2D eigenvalue weighted by Crippen LogP contribution is 2.35. The summed E-state index contributed by atoms with van der Waals surface area (Å²) in [5, 5.41) is 3.52. The molecule has 94 valence electrons. The van der Waals surface area contributed by atoms with Gasteiger partial charge in [0.15, 0.2) is 0 Å². The van der Waals surface area contributed by atoms with Crippen molar-refractivity contribution in [3.63, 3.8) is 0 Å². The molecule has 2 rings (SSSR count). The second kappa shape index (κ2) is 5.63. The Kier molecular flexibility index (Phi) is 4.16. The SMILES string of the molecule is CCNC(CC1CCC1)c1ccc(F)c(C)c1. The van der Waals surface area contributed by atoms with Crippen molar-refractivity contribution in [2.24, 2.45) is 5.92 Å². The van der Waals surface area contributed by atoms with E-state index in [1.807, 2.05) is 19.1 Å². The third-order valence-electron chi connectivity index (χ3n) is 3.83. The molecule has 1 unspecified atom stereocenters. The van der Waals surface area contributed by atoms with Gasteiger partial charge in [-0.2, -0.15) is 0 Å². The fraction of sp³-hybridized carbons (Fsp3) is 0.600. The number of benzene rings is 1. The van der Waals surface area contributed by atoms with Crippen molar-refractivity contribution in [1.82, 2.24) is 5.32 Å². The van der Waals surface area contributed by atoms with Gasteiger partial charge in [0.05, 0.1) is 0 Å². The van der Waals surface area contributed by atoms with Crippen LogP contribution in [0.5, 0.6) is 0 Å². The molecule has 1 aromatic carbocycles. The van der Waals surface area contributed by atoms with Crippen LogP contribution in [0.3, 0.4) is 0 Å². The third-order valence-corrected chi connectivity index (χ3v) is 3.83. The van der Waals surface area contributed by atoms with Gasteiger partial charge in [-0.05, 0) is 43.0 Å². The van der Waals surface area contributed by atoms with E-state index in [-0.39, 0.29) is 5.82 Å². The minimum Gasteiger partial charge on any atom is -0.310 e. The first-order chi connectivity index (χ1) is 8.20. The molecule has 0 spiro atoms. The first-order valence-corrected chi connectivity index (χ1v) is 6.70. The van der Waals surface area contributed by atoms with Crippen LogP contribution >= 0.6 is 0 Å². The minimum absolute atomic E-state index is 0.104. The molecule has 1 atom stereocenters. The Labute approximate surface area is 103 Å². The normalized spacial score (nSPS) is 17.8. The Bertz CT molecular complexity index is 371. The zero-order valence-corrected chi connectivity index (χ0v) is 10.8. The molecule has 0 aromatic heterocycles. The highest BCUT2D eigenvalue weighted by Gasteiger charge is 2.22. The van der Waals surface area contributed by atoms with Gasteiger partial charge in [-0.15, -0.1) is 0 Å². The maximum atomic E-state index is 13.3. The molecular formula is C15H22FN. The van der Waals surface area contributed by atoms with E-state index in [4.69, 9.17) is 0 Å². The lowest BCUT2D eigenvalue weighted by molar-refractivity contribution is 0.262. The third kappa shape index (κ3) is 3.06. The van der Waals surface area contributed by atoms with Crippen LogP contribution in [0.1, 0.15) is 49.8 Å². The van der Waals surface area contributed by atoms with E-state index < -0.39 is 0 Å². The van der Waals surface area contributed by atoms with E-state index in [1.54, 1.807) is 6.07 Å². The van der Waals surface area contributed by atoms with Crippen molar-refractivity contribution < 1.29 is 4.39 Å². The quantitative estimate of drug-likeness (QED) is 0.814. The molecule has 1 fully saturated rings. The number of aryl methyl sites for hydroxylation is 1. The Morgan fingerprint density at radius 1 is 1.41 bits per heavy atom. The van der Waals surface area contributed by atoms with Crippen LogP contribution in [0.25, 0.3) is 0 Å². The lowest BCUT2D eigenvalue weighted by atomic mass is 9.79. The maximum absolute atomic E-state index is 13.3.